The minimum Gasteiger partial charge on any atom is -0.495 e. The van der Waals surface area contributed by atoms with Gasteiger partial charge in [-0.05, 0) is 24.3 Å². The predicted octanol–water partition coefficient (Wildman–Crippen LogP) is 2.38. The summed E-state index contributed by atoms with van der Waals surface area (Å²) in [6.45, 7) is 1.11. The first-order chi connectivity index (χ1) is 8.74. The van der Waals surface area contributed by atoms with E-state index in [1.165, 1.54) is 0 Å². The van der Waals surface area contributed by atoms with Crippen molar-refractivity contribution in [2.75, 3.05) is 19.1 Å². The number of furan rings is 1. The zero-order valence-electron chi connectivity index (χ0n) is 10.7. The van der Waals surface area contributed by atoms with Gasteiger partial charge in [0.25, 0.3) is 0 Å². The van der Waals surface area contributed by atoms with Gasteiger partial charge in [0.2, 0.25) is 0 Å². The van der Waals surface area contributed by atoms with Crippen molar-refractivity contribution in [2.45, 2.75) is 13.1 Å². The van der Waals surface area contributed by atoms with Crippen LogP contribution in [0.1, 0.15) is 11.5 Å². The molecule has 0 bridgehead atoms. The minimum atomic E-state index is 0.429. The average Bonchev–Trinajstić information content (AvgIpc) is 2.86. The smallest absolute Gasteiger partial charge is 0.142 e. The van der Waals surface area contributed by atoms with Gasteiger partial charge in [0.15, 0.2) is 0 Å². The van der Waals surface area contributed by atoms with Gasteiger partial charge >= 0.3 is 0 Å². The molecule has 1 aromatic carbocycles. The first kappa shape index (κ1) is 12.5. The van der Waals surface area contributed by atoms with Crippen molar-refractivity contribution in [1.82, 2.24) is 0 Å². The molecule has 2 aromatic rings. The molecule has 0 amide bonds. The average molecular weight is 246 g/mol. The van der Waals surface area contributed by atoms with Gasteiger partial charge in [-0.1, -0.05) is 12.1 Å². The largest absolute Gasteiger partial charge is 0.495 e. The third-order valence-corrected chi connectivity index (χ3v) is 2.81. The summed E-state index contributed by atoms with van der Waals surface area (Å²) in [6, 6.07) is 11.8. The number of benzene rings is 1. The molecule has 0 radical (unpaired) electrons. The van der Waals surface area contributed by atoms with Crippen molar-refractivity contribution in [3.05, 3.63) is 47.9 Å². The molecule has 0 aliphatic rings. The Bertz CT molecular complexity index is 508. The van der Waals surface area contributed by atoms with Crippen LogP contribution in [0.25, 0.3) is 0 Å². The first-order valence-corrected chi connectivity index (χ1v) is 5.86. The van der Waals surface area contributed by atoms with E-state index in [2.05, 4.69) is 4.90 Å². The van der Waals surface area contributed by atoms with Gasteiger partial charge in [0.1, 0.15) is 17.3 Å². The summed E-state index contributed by atoms with van der Waals surface area (Å²) in [6.07, 6.45) is 0. The van der Waals surface area contributed by atoms with Crippen molar-refractivity contribution >= 4 is 5.69 Å². The molecular formula is C14H18N2O2. The van der Waals surface area contributed by atoms with E-state index in [9.17, 15) is 0 Å². The molecule has 1 heterocycles. The molecule has 2 rings (SSSR count). The van der Waals surface area contributed by atoms with Gasteiger partial charge < -0.3 is 19.8 Å². The molecule has 0 unspecified atom stereocenters. The van der Waals surface area contributed by atoms with Gasteiger partial charge in [-0.3, -0.25) is 0 Å². The van der Waals surface area contributed by atoms with Crippen LogP contribution in [0.3, 0.4) is 0 Å². The Balaban J connectivity index is 2.13. The molecule has 0 aliphatic carbocycles. The van der Waals surface area contributed by atoms with E-state index in [-0.39, 0.29) is 0 Å². The van der Waals surface area contributed by atoms with Crippen LogP contribution >= 0.6 is 0 Å². The van der Waals surface area contributed by atoms with E-state index in [1.807, 2.05) is 43.4 Å². The summed E-state index contributed by atoms with van der Waals surface area (Å²) >= 11 is 0. The van der Waals surface area contributed by atoms with E-state index in [0.717, 1.165) is 23.0 Å². The van der Waals surface area contributed by atoms with Crippen LogP contribution in [0.15, 0.2) is 40.8 Å². The molecule has 2 N–H and O–H groups in total. The number of nitrogens with two attached hydrogens (primary N) is 1. The molecule has 4 nitrogen and oxygen atoms in total. The number of hydrogen-bond donors (Lipinski definition) is 1. The lowest BCUT2D eigenvalue weighted by molar-refractivity contribution is 0.413. The second-order valence-corrected chi connectivity index (χ2v) is 4.10. The Hall–Kier alpha value is -1.94. The molecule has 0 spiro atoms. The lowest BCUT2D eigenvalue weighted by Gasteiger charge is -2.20. The van der Waals surface area contributed by atoms with Gasteiger partial charge in [0, 0.05) is 7.05 Å². The fourth-order valence-corrected chi connectivity index (χ4v) is 1.88. The topological polar surface area (TPSA) is 51.6 Å². The summed E-state index contributed by atoms with van der Waals surface area (Å²) in [5, 5.41) is 0. The van der Waals surface area contributed by atoms with Gasteiger partial charge in [-0.2, -0.15) is 0 Å². The SMILES string of the molecule is COc1ccccc1N(C)Cc1ccc(CN)o1. The normalized spacial score (nSPS) is 10.4. The van der Waals surface area contributed by atoms with E-state index in [4.69, 9.17) is 14.9 Å². The molecule has 0 fully saturated rings. The fourth-order valence-electron chi connectivity index (χ4n) is 1.88. The zero-order valence-corrected chi connectivity index (χ0v) is 10.7. The Morgan fingerprint density at radius 3 is 2.56 bits per heavy atom. The van der Waals surface area contributed by atoms with E-state index in [0.29, 0.717) is 13.1 Å². The van der Waals surface area contributed by atoms with Crippen molar-refractivity contribution in [3.63, 3.8) is 0 Å². The van der Waals surface area contributed by atoms with Gasteiger partial charge in [-0.15, -0.1) is 0 Å². The van der Waals surface area contributed by atoms with Crippen LogP contribution in [0.2, 0.25) is 0 Å². The third kappa shape index (κ3) is 2.65. The minimum absolute atomic E-state index is 0.429. The van der Waals surface area contributed by atoms with E-state index < -0.39 is 0 Å². The predicted molar refractivity (Wildman–Crippen MR) is 71.7 cm³/mol. The first-order valence-electron chi connectivity index (χ1n) is 5.86. The van der Waals surface area contributed by atoms with E-state index >= 15 is 0 Å². The van der Waals surface area contributed by atoms with Crippen LogP contribution in [-0.4, -0.2) is 14.2 Å². The molecule has 0 aliphatic heterocycles. The Morgan fingerprint density at radius 1 is 1.17 bits per heavy atom. The number of rotatable bonds is 5. The molecule has 18 heavy (non-hydrogen) atoms. The Labute approximate surface area is 107 Å². The third-order valence-electron chi connectivity index (χ3n) is 2.81. The van der Waals surface area contributed by atoms with Crippen LogP contribution in [0, 0.1) is 0 Å². The van der Waals surface area contributed by atoms with Crippen LogP contribution in [0.4, 0.5) is 5.69 Å². The van der Waals surface area contributed by atoms with Crippen molar-refractivity contribution in [3.8, 4) is 5.75 Å². The van der Waals surface area contributed by atoms with Crippen LogP contribution in [0.5, 0.6) is 5.75 Å². The second-order valence-electron chi connectivity index (χ2n) is 4.10. The quantitative estimate of drug-likeness (QED) is 0.880. The molecule has 1 aromatic heterocycles. The maximum absolute atomic E-state index is 5.59. The highest BCUT2D eigenvalue weighted by atomic mass is 16.5. The lowest BCUT2D eigenvalue weighted by atomic mass is 10.2. The summed E-state index contributed by atoms with van der Waals surface area (Å²) in [5.41, 5.74) is 6.56. The van der Waals surface area contributed by atoms with Crippen molar-refractivity contribution in [2.24, 2.45) is 5.73 Å². The summed E-state index contributed by atoms with van der Waals surface area (Å²) < 4.78 is 10.9. The highest BCUT2D eigenvalue weighted by Gasteiger charge is 2.09. The summed E-state index contributed by atoms with van der Waals surface area (Å²) in [7, 11) is 3.68. The standard InChI is InChI=1S/C14H18N2O2/c1-16(10-12-8-7-11(9-15)18-12)13-5-3-4-6-14(13)17-2/h3-8H,9-10,15H2,1-2H3. The van der Waals surface area contributed by atoms with Crippen LogP contribution in [-0.2, 0) is 13.1 Å². The zero-order chi connectivity index (χ0) is 13.0. The number of anilines is 1. The maximum atomic E-state index is 5.59. The van der Waals surface area contributed by atoms with E-state index in [1.54, 1.807) is 7.11 Å². The summed E-state index contributed by atoms with van der Waals surface area (Å²) in [4.78, 5) is 2.08. The highest BCUT2D eigenvalue weighted by molar-refractivity contribution is 5.57. The van der Waals surface area contributed by atoms with Crippen molar-refractivity contribution < 1.29 is 9.15 Å². The highest BCUT2D eigenvalue weighted by Crippen LogP contribution is 2.27. The Morgan fingerprint density at radius 2 is 1.89 bits per heavy atom. The molecule has 0 saturated heterocycles. The van der Waals surface area contributed by atoms with Crippen molar-refractivity contribution in [1.29, 1.82) is 0 Å². The van der Waals surface area contributed by atoms with Gasteiger partial charge in [0.05, 0.1) is 25.9 Å². The number of para-hydroxylation sites is 2. The summed E-state index contributed by atoms with van der Waals surface area (Å²) in [5.74, 6) is 2.55. The van der Waals surface area contributed by atoms with Gasteiger partial charge in [-0.25, -0.2) is 0 Å². The number of methoxy groups -OCH3 is 1. The molecule has 0 atom stereocenters. The molecule has 0 saturated carbocycles. The molecule has 96 valence electrons. The lowest BCUT2D eigenvalue weighted by Crippen LogP contribution is -2.16. The van der Waals surface area contributed by atoms with Crippen LogP contribution < -0.4 is 15.4 Å². The molecule has 4 heteroatoms. The Kier molecular flexibility index (Phi) is 3.89. The second kappa shape index (κ2) is 5.60. The monoisotopic (exact) mass is 246 g/mol. The number of ether oxygens (including phenoxy) is 1. The fraction of sp³-hybridized carbons (Fsp3) is 0.286. The molecular weight excluding hydrogens is 228 g/mol. The number of hydrogen-bond acceptors (Lipinski definition) is 4. The maximum Gasteiger partial charge on any atom is 0.142 e. The number of nitrogens with zero attached hydrogens (tertiary/aromatic N) is 1.